The lowest BCUT2D eigenvalue weighted by atomic mass is 9.73. The first-order chi connectivity index (χ1) is 11.7. The Morgan fingerprint density at radius 3 is 2.00 bits per heavy atom. The van der Waals surface area contributed by atoms with E-state index in [4.69, 9.17) is 0 Å². The molecule has 1 aromatic heterocycles. The molecular weight excluding hydrogens is 322 g/mol. The highest BCUT2D eigenvalue weighted by Crippen LogP contribution is 2.44. The van der Waals surface area contributed by atoms with Gasteiger partial charge in [0.1, 0.15) is 10.9 Å². The minimum atomic E-state index is -1.02. The number of rotatable bonds is 3. The van der Waals surface area contributed by atoms with Gasteiger partial charge in [-0.15, -0.1) is 10.2 Å². The molecule has 0 atom stereocenters. The zero-order valence-corrected chi connectivity index (χ0v) is 13.4. The van der Waals surface area contributed by atoms with E-state index in [0.29, 0.717) is 5.13 Å². The van der Waals surface area contributed by atoms with Crippen LogP contribution >= 0.6 is 11.3 Å². The molecule has 0 bridgehead atoms. The fourth-order valence-corrected chi connectivity index (χ4v) is 3.78. The number of benzene rings is 2. The number of carbonyl (C=O) groups is 2. The van der Waals surface area contributed by atoms with E-state index >= 15 is 0 Å². The molecule has 2 amide bonds. The molecule has 5 nitrogen and oxygen atoms in total. The van der Waals surface area contributed by atoms with Gasteiger partial charge in [-0.1, -0.05) is 72.0 Å². The van der Waals surface area contributed by atoms with E-state index in [0.717, 1.165) is 16.0 Å². The zero-order chi connectivity index (χ0) is 16.6. The van der Waals surface area contributed by atoms with Crippen molar-refractivity contribution in [2.75, 3.05) is 4.90 Å². The van der Waals surface area contributed by atoms with Crippen molar-refractivity contribution in [2.45, 2.75) is 11.8 Å². The molecule has 3 aromatic rings. The molecular formula is C18H13N3O2S. The lowest BCUT2D eigenvalue weighted by Crippen LogP contribution is -2.39. The van der Waals surface area contributed by atoms with Crippen molar-refractivity contribution in [3.05, 3.63) is 77.3 Å². The second kappa shape index (κ2) is 5.65. The largest absolute Gasteiger partial charge is 0.274 e. The zero-order valence-electron chi connectivity index (χ0n) is 12.6. The molecule has 1 aliphatic rings. The predicted octanol–water partition coefficient (Wildman–Crippen LogP) is 2.79. The molecule has 6 heteroatoms. The monoisotopic (exact) mass is 335 g/mol. The number of hydrogen-bond acceptors (Lipinski definition) is 5. The van der Waals surface area contributed by atoms with E-state index in [-0.39, 0.29) is 18.2 Å². The highest BCUT2D eigenvalue weighted by molar-refractivity contribution is 7.13. The summed E-state index contributed by atoms with van der Waals surface area (Å²) in [5.41, 5.74) is 2.11. The van der Waals surface area contributed by atoms with Crippen molar-refractivity contribution >= 4 is 28.3 Å². The Hall–Kier alpha value is -2.86. The summed E-state index contributed by atoms with van der Waals surface area (Å²) in [7, 11) is 0. The van der Waals surface area contributed by atoms with Gasteiger partial charge in [-0.3, -0.25) is 9.59 Å². The molecule has 24 heavy (non-hydrogen) atoms. The average molecular weight is 335 g/mol. The molecule has 0 spiro atoms. The fraction of sp³-hybridized carbons (Fsp3) is 0.111. The molecule has 118 valence electrons. The van der Waals surface area contributed by atoms with Crippen LogP contribution in [0.25, 0.3) is 0 Å². The van der Waals surface area contributed by atoms with Crippen LogP contribution in [-0.2, 0) is 15.0 Å². The smallest absolute Gasteiger partial charge is 0.251 e. The number of hydrogen-bond donors (Lipinski definition) is 0. The maximum atomic E-state index is 13.4. The number of amides is 2. The van der Waals surface area contributed by atoms with E-state index in [1.165, 1.54) is 16.8 Å². The topological polar surface area (TPSA) is 63.2 Å². The number of aromatic nitrogens is 2. The Morgan fingerprint density at radius 1 is 0.917 bits per heavy atom. The first-order valence-electron chi connectivity index (χ1n) is 7.48. The highest BCUT2D eigenvalue weighted by atomic mass is 32.1. The fourth-order valence-electron chi connectivity index (χ4n) is 3.21. The first kappa shape index (κ1) is 14.7. The summed E-state index contributed by atoms with van der Waals surface area (Å²) in [6.07, 6.45) is 0.0828. The van der Waals surface area contributed by atoms with Crippen LogP contribution in [0.15, 0.2) is 66.2 Å². The van der Waals surface area contributed by atoms with E-state index in [1.54, 1.807) is 0 Å². The molecule has 1 aliphatic heterocycles. The van der Waals surface area contributed by atoms with Crippen molar-refractivity contribution in [2.24, 2.45) is 0 Å². The summed E-state index contributed by atoms with van der Waals surface area (Å²) in [5.74, 6) is -0.536. The summed E-state index contributed by atoms with van der Waals surface area (Å²) in [4.78, 5) is 27.2. The molecule has 0 N–H and O–H groups in total. The maximum Gasteiger partial charge on any atom is 0.251 e. The Labute approximate surface area is 142 Å². The minimum Gasteiger partial charge on any atom is -0.274 e. The molecule has 0 saturated carbocycles. The predicted molar refractivity (Wildman–Crippen MR) is 90.7 cm³/mol. The Morgan fingerprint density at radius 2 is 1.50 bits per heavy atom. The van der Waals surface area contributed by atoms with E-state index in [2.05, 4.69) is 10.2 Å². The van der Waals surface area contributed by atoms with Gasteiger partial charge in [-0.2, -0.15) is 0 Å². The van der Waals surface area contributed by atoms with Crippen LogP contribution in [-0.4, -0.2) is 22.0 Å². The molecule has 0 unspecified atom stereocenters. The Bertz CT molecular complexity index is 840. The normalized spacial score (nSPS) is 16.6. The molecule has 0 radical (unpaired) electrons. The minimum absolute atomic E-state index is 0.0828. The van der Waals surface area contributed by atoms with E-state index < -0.39 is 5.41 Å². The van der Waals surface area contributed by atoms with Crippen LogP contribution in [0.1, 0.15) is 17.5 Å². The molecule has 0 aliphatic carbocycles. The molecule has 2 heterocycles. The van der Waals surface area contributed by atoms with E-state index in [9.17, 15) is 9.59 Å². The summed E-state index contributed by atoms with van der Waals surface area (Å²) in [6.45, 7) is 0. The maximum absolute atomic E-state index is 13.4. The van der Waals surface area contributed by atoms with Gasteiger partial charge in [0.2, 0.25) is 11.0 Å². The van der Waals surface area contributed by atoms with Crippen molar-refractivity contribution < 1.29 is 9.59 Å². The first-order valence-corrected chi connectivity index (χ1v) is 8.36. The van der Waals surface area contributed by atoms with Crippen LogP contribution in [0, 0.1) is 0 Å². The van der Waals surface area contributed by atoms with Gasteiger partial charge in [-0.25, -0.2) is 4.90 Å². The standard InChI is InChI=1S/C18H13N3O2S/c22-15-11-18(13-7-3-1-4-8-13,14-9-5-2-6-10-14)16(23)21(15)17-20-19-12-24-17/h1-10,12H,11H2. The van der Waals surface area contributed by atoms with Gasteiger partial charge in [0.15, 0.2) is 0 Å². The Kier molecular flexibility index (Phi) is 3.46. The third-order valence-corrected chi connectivity index (χ3v) is 4.98. The number of carbonyl (C=O) groups excluding carboxylic acids is 2. The number of imide groups is 1. The lowest BCUT2D eigenvalue weighted by Gasteiger charge is -2.27. The third kappa shape index (κ3) is 2.07. The van der Waals surface area contributed by atoms with Crippen LogP contribution in [0.3, 0.4) is 0 Å². The van der Waals surface area contributed by atoms with Gasteiger partial charge in [-0.05, 0) is 11.1 Å². The Balaban J connectivity index is 1.93. The number of nitrogens with zero attached hydrogens (tertiary/aromatic N) is 3. The molecule has 1 saturated heterocycles. The lowest BCUT2D eigenvalue weighted by molar-refractivity contribution is -0.122. The number of anilines is 1. The van der Waals surface area contributed by atoms with Gasteiger partial charge < -0.3 is 0 Å². The average Bonchev–Trinajstić information content (AvgIpc) is 3.23. The molecule has 1 fully saturated rings. The summed E-state index contributed by atoms with van der Waals surface area (Å²) in [5, 5.41) is 7.97. The quantitative estimate of drug-likeness (QED) is 0.691. The van der Waals surface area contributed by atoms with Gasteiger partial charge >= 0.3 is 0 Å². The summed E-state index contributed by atoms with van der Waals surface area (Å²) >= 11 is 1.18. The van der Waals surface area contributed by atoms with Crippen LogP contribution < -0.4 is 4.90 Å². The SMILES string of the molecule is O=C1CC(c2ccccc2)(c2ccccc2)C(=O)N1c1nncs1. The second-order valence-corrected chi connectivity index (χ2v) is 6.38. The van der Waals surface area contributed by atoms with Gasteiger partial charge in [0, 0.05) is 0 Å². The van der Waals surface area contributed by atoms with Crippen LogP contribution in [0.5, 0.6) is 0 Å². The van der Waals surface area contributed by atoms with Gasteiger partial charge in [0.25, 0.3) is 5.91 Å². The second-order valence-electron chi connectivity index (χ2n) is 5.57. The van der Waals surface area contributed by atoms with Crippen molar-refractivity contribution in [3.8, 4) is 0 Å². The van der Waals surface area contributed by atoms with Crippen molar-refractivity contribution in [1.29, 1.82) is 0 Å². The van der Waals surface area contributed by atoms with Crippen molar-refractivity contribution in [1.82, 2.24) is 10.2 Å². The van der Waals surface area contributed by atoms with Crippen LogP contribution in [0.4, 0.5) is 5.13 Å². The summed E-state index contributed by atoms with van der Waals surface area (Å²) < 4.78 is 0. The third-order valence-electron chi connectivity index (χ3n) is 4.31. The molecule has 2 aromatic carbocycles. The van der Waals surface area contributed by atoms with E-state index in [1.807, 2.05) is 60.7 Å². The van der Waals surface area contributed by atoms with Gasteiger partial charge in [0.05, 0.1) is 6.42 Å². The molecule has 4 rings (SSSR count). The summed E-state index contributed by atoms with van der Waals surface area (Å²) in [6, 6.07) is 18.9. The van der Waals surface area contributed by atoms with Crippen molar-refractivity contribution in [3.63, 3.8) is 0 Å². The van der Waals surface area contributed by atoms with Crippen LogP contribution in [0.2, 0.25) is 0 Å². The highest BCUT2D eigenvalue weighted by Gasteiger charge is 2.55.